The summed E-state index contributed by atoms with van der Waals surface area (Å²) in [4.78, 5) is 23.2. The van der Waals surface area contributed by atoms with Crippen LogP contribution in [0.4, 0.5) is 0 Å². The van der Waals surface area contributed by atoms with Crippen molar-refractivity contribution in [2.45, 2.75) is 19.4 Å². The van der Waals surface area contributed by atoms with E-state index in [9.17, 15) is 9.59 Å². The summed E-state index contributed by atoms with van der Waals surface area (Å²) in [6.07, 6.45) is 0.270. The van der Waals surface area contributed by atoms with Crippen LogP contribution in [0, 0.1) is 0 Å². The highest BCUT2D eigenvalue weighted by Crippen LogP contribution is 2.00. The fraction of sp³-hybridized carbons (Fsp3) is 0.385. The van der Waals surface area contributed by atoms with Gasteiger partial charge in [0.2, 0.25) is 5.91 Å². The van der Waals surface area contributed by atoms with Crippen LogP contribution in [0.5, 0.6) is 0 Å². The molecule has 0 bridgehead atoms. The Kier molecular flexibility index (Phi) is 6.28. The maximum Gasteiger partial charge on any atom is 0.251 e. The van der Waals surface area contributed by atoms with Crippen molar-refractivity contribution in [3.63, 3.8) is 0 Å². The molecule has 98 valence electrons. The number of carbonyl (C=O) groups is 2. The second-order valence-electron chi connectivity index (χ2n) is 4.02. The van der Waals surface area contributed by atoms with E-state index < -0.39 is 0 Å². The van der Waals surface area contributed by atoms with Crippen molar-refractivity contribution >= 4 is 24.4 Å². The van der Waals surface area contributed by atoms with E-state index in [1.54, 1.807) is 31.2 Å². The molecule has 0 saturated carbocycles. The predicted molar refractivity (Wildman–Crippen MR) is 74.8 cm³/mol. The van der Waals surface area contributed by atoms with Crippen molar-refractivity contribution in [1.29, 1.82) is 0 Å². The van der Waals surface area contributed by atoms with Gasteiger partial charge in [0.1, 0.15) is 0 Å². The van der Waals surface area contributed by atoms with E-state index in [2.05, 4.69) is 23.3 Å². The number of rotatable bonds is 6. The van der Waals surface area contributed by atoms with Crippen LogP contribution in [-0.2, 0) is 4.79 Å². The zero-order chi connectivity index (χ0) is 13.4. The third-order valence-electron chi connectivity index (χ3n) is 2.34. The number of benzene rings is 1. The smallest absolute Gasteiger partial charge is 0.251 e. The first-order valence-electron chi connectivity index (χ1n) is 5.87. The minimum Gasteiger partial charge on any atom is -0.355 e. The van der Waals surface area contributed by atoms with Gasteiger partial charge < -0.3 is 10.6 Å². The van der Waals surface area contributed by atoms with Gasteiger partial charge in [-0.3, -0.25) is 9.59 Å². The molecular weight excluding hydrogens is 248 g/mol. The minimum absolute atomic E-state index is 0.0788. The van der Waals surface area contributed by atoms with Crippen molar-refractivity contribution in [2.75, 3.05) is 12.3 Å². The first-order chi connectivity index (χ1) is 8.63. The van der Waals surface area contributed by atoms with E-state index in [0.717, 1.165) is 0 Å². The Morgan fingerprint density at radius 3 is 2.56 bits per heavy atom. The van der Waals surface area contributed by atoms with Crippen LogP contribution >= 0.6 is 12.6 Å². The van der Waals surface area contributed by atoms with Gasteiger partial charge in [-0.05, 0) is 19.1 Å². The highest BCUT2D eigenvalue weighted by molar-refractivity contribution is 7.80. The first kappa shape index (κ1) is 14.6. The van der Waals surface area contributed by atoms with Crippen LogP contribution in [0.1, 0.15) is 23.7 Å². The van der Waals surface area contributed by atoms with E-state index in [1.807, 2.05) is 6.07 Å². The zero-order valence-corrected chi connectivity index (χ0v) is 11.2. The Morgan fingerprint density at radius 2 is 1.94 bits per heavy atom. The van der Waals surface area contributed by atoms with Gasteiger partial charge in [0.25, 0.3) is 5.91 Å². The molecule has 0 aliphatic carbocycles. The van der Waals surface area contributed by atoms with Crippen molar-refractivity contribution < 1.29 is 9.59 Å². The van der Waals surface area contributed by atoms with Crippen molar-refractivity contribution in [3.05, 3.63) is 35.9 Å². The van der Waals surface area contributed by atoms with E-state index in [4.69, 9.17) is 0 Å². The molecule has 1 atom stereocenters. The fourth-order valence-electron chi connectivity index (χ4n) is 1.49. The largest absolute Gasteiger partial charge is 0.355 e. The molecule has 2 N–H and O–H groups in total. The lowest BCUT2D eigenvalue weighted by Gasteiger charge is -2.13. The number of thiol groups is 1. The summed E-state index contributed by atoms with van der Waals surface area (Å²) in [7, 11) is 0. The number of hydrogen-bond donors (Lipinski definition) is 3. The molecule has 2 amide bonds. The minimum atomic E-state index is -0.197. The topological polar surface area (TPSA) is 58.2 Å². The number of carbonyl (C=O) groups excluding carboxylic acids is 2. The Balaban J connectivity index is 2.38. The van der Waals surface area contributed by atoms with Gasteiger partial charge in [-0.15, -0.1) is 0 Å². The van der Waals surface area contributed by atoms with E-state index in [0.29, 0.717) is 17.9 Å². The summed E-state index contributed by atoms with van der Waals surface area (Å²) < 4.78 is 0. The molecule has 0 radical (unpaired) electrons. The molecule has 0 aromatic heterocycles. The molecule has 1 unspecified atom stereocenters. The molecule has 18 heavy (non-hydrogen) atoms. The average Bonchev–Trinajstić information content (AvgIpc) is 2.37. The first-order valence-corrected chi connectivity index (χ1v) is 6.50. The van der Waals surface area contributed by atoms with Crippen LogP contribution < -0.4 is 10.6 Å². The van der Waals surface area contributed by atoms with Gasteiger partial charge >= 0.3 is 0 Å². The Hall–Kier alpha value is -1.49. The Morgan fingerprint density at radius 1 is 1.28 bits per heavy atom. The van der Waals surface area contributed by atoms with E-state index >= 15 is 0 Å². The maximum atomic E-state index is 11.8. The monoisotopic (exact) mass is 266 g/mol. The molecule has 1 aromatic rings. The molecule has 0 saturated heterocycles. The van der Waals surface area contributed by atoms with Crippen LogP contribution in [-0.4, -0.2) is 30.2 Å². The van der Waals surface area contributed by atoms with E-state index in [-0.39, 0.29) is 24.3 Å². The van der Waals surface area contributed by atoms with E-state index in [1.165, 1.54) is 0 Å². The van der Waals surface area contributed by atoms with Gasteiger partial charge in [0, 0.05) is 30.3 Å². The summed E-state index contributed by atoms with van der Waals surface area (Å²) in [5, 5.41) is 5.49. The summed E-state index contributed by atoms with van der Waals surface area (Å²) >= 11 is 4.00. The maximum absolute atomic E-state index is 11.8. The highest BCUT2D eigenvalue weighted by atomic mass is 32.1. The molecule has 0 heterocycles. The quantitative estimate of drug-likeness (QED) is 0.679. The highest BCUT2D eigenvalue weighted by Gasteiger charge is 2.12. The molecule has 0 aliphatic heterocycles. The summed E-state index contributed by atoms with van der Waals surface area (Å²) in [5.74, 6) is 0.367. The third kappa shape index (κ3) is 5.23. The summed E-state index contributed by atoms with van der Waals surface area (Å²) in [5.41, 5.74) is 0.597. The summed E-state index contributed by atoms with van der Waals surface area (Å²) in [6.45, 7) is 2.35. The van der Waals surface area contributed by atoms with Gasteiger partial charge in [-0.2, -0.15) is 12.6 Å². The fourth-order valence-corrected chi connectivity index (χ4v) is 1.61. The summed E-state index contributed by atoms with van der Waals surface area (Å²) in [6, 6.07) is 8.74. The Labute approximate surface area is 113 Å². The number of nitrogens with one attached hydrogen (secondary N) is 2. The predicted octanol–water partition coefficient (Wildman–Crippen LogP) is 1.24. The lowest BCUT2D eigenvalue weighted by atomic mass is 10.1. The second kappa shape index (κ2) is 7.76. The lowest BCUT2D eigenvalue weighted by molar-refractivity contribution is -0.121. The van der Waals surface area contributed by atoms with Gasteiger partial charge in [-0.1, -0.05) is 18.2 Å². The van der Waals surface area contributed by atoms with Crippen LogP contribution in [0.3, 0.4) is 0 Å². The van der Waals surface area contributed by atoms with Crippen LogP contribution in [0.15, 0.2) is 30.3 Å². The number of amides is 2. The molecule has 4 nitrogen and oxygen atoms in total. The normalized spacial score (nSPS) is 11.7. The molecule has 1 rings (SSSR count). The molecule has 0 aliphatic rings. The van der Waals surface area contributed by atoms with Gasteiger partial charge in [0.05, 0.1) is 0 Å². The standard InChI is InChI=1S/C13H18N2O2S/c1-10(9-12(16)14-7-8-18)15-13(17)11-5-3-2-4-6-11/h2-6,10,18H,7-9H2,1H3,(H,14,16)(H,15,17). The SMILES string of the molecule is CC(CC(=O)NCCS)NC(=O)c1ccccc1. The van der Waals surface area contributed by atoms with Gasteiger partial charge in [0.15, 0.2) is 0 Å². The zero-order valence-electron chi connectivity index (χ0n) is 10.3. The average molecular weight is 266 g/mol. The molecule has 0 fully saturated rings. The number of hydrogen-bond acceptors (Lipinski definition) is 3. The molecule has 5 heteroatoms. The van der Waals surface area contributed by atoms with Gasteiger partial charge in [-0.25, -0.2) is 0 Å². The molecule has 0 spiro atoms. The van der Waals surface area contributed by atoms with Crippen molar-refractivity contribution in [2.24, 2.45) is 0 Å². The van der Waals surface area contributed by atoms with Crippen LogP contribution in [0.2, 0.25) is 0 Å². The molecular formula is C13H18N2O2S. The third-order valence-corrected chi connectivity index (χ3v) is 2.56. The molecule has 1 aromatic carbocycles. The second-order valence-corrected chi connectivity index (χ2v) is 4.47. The lowest BCUT2D eigenvalue weighted by Crippen LogP contribution is -2.37. The van der Waals surface area contributed by atoms with Crippen LogP contribution in [0.25, 0.3) is 0 Å². The Bertz CT molecular complexity index is 395. The van der Waals surface area contributed by atoms with Crippen molar-refractivity contribution in [3.8, 4) is 0 Å². The van der Waals surface area contributed by atoms with Crippen molar-refractivity contribution in [1.82, 2.24) is 10.6 Å².